The summed E-state index contributed by atoms with van der Waals surface area (Å²) in [7, 11) is 1.94. The molecule has 1 fully saturated rings. The van der Waals surface area contributed by atoms with Gasteiger partial charge in [-0.1, -0.05) is 13.8 Å². The molecule has 4 heteroatoms. The van der Waals surface area contributed by atoms with Crippen molar-refractivity contribution in [1.82, 2.24) is 9.55 Å². The van der Waals surface area contributed by atoms with E-state index in [2.05, 4.69) is 29.8 Å². The molecule has 0 atom stereocenters. The van der Waals surface area contributed by atoms with Crippen LogP contribution in [0, 0.1) is 5.82 Å². The highest BCUT2D eigenvalue weighted by atomic mass is 19.1. The zero-order chi connectivity index (χ0) is 15.0. The zero-order valence-corrected chi connectivity index (χ0v) is 12.9. The summed E-state index contributed by atoms with van der Waals surface area (Å²) in [6, 6.07) is 3.73. The molecule has 2 heterocycles. The lowest BCUT2D eigenvalue weighted by molar-refractivity contribution is 0.597. The summed E-state index contributed by atoms with van der Waals surface area (Å²) in [5.74, 6) is 0.869. The lowest BCUT2D eigenvalue weighted by Gasteiger charge is -2.24. The topological polar surface area (TPSA) is 21.1 Å². The number of hydrogen-bond acceptors (Lipinski definition) is 2. The Hall–Kier alpha value is -1.84. The maximum absolute atomic E-state index is 14.7. The van der Waals surface area contributed by atoms with E-state index in [1.165, 1.54) is 12.8 Å². The lowest BCUT2D eigenvalue weighted by atomic mass is 9.97. The maximum Gasteiger partial charge on any atom is 0.139 e. The largest absolute Gasteiger partial charge is 0.371 e. The number of anilines is 1. The molecule has 1 aromatic carbocycles. The van der Waals surface area contributed by atoms with Crippen LogP contribution in [0.3, 0.4) is 0 Å². The molecule has 3 rings (SSSR count). The molecule has 1 aliphatic heterocycles. The Bertz CT molecular complexity index is 639. The Morgan fingerprint density at radius 3 is 2.48 bits per heavy atom. The summed E-state index contributed by atoms with van der Waals surface area (Å²) in [5, 5.41) is 0. The minimum atomic E-state index is -0.118. The third-order valence-electron chi connectivity index (χ3n) is 4.21. The number of benzene rings is 1. The fourth-order valence-electron chi connectivity index (χ4n) is 3.17. The molecule has 1 aliphatic rings. The van der Waals surface area contributed by atoms with Gasteiger partial charge in [-0.15, -0.1) is 0 Å². The van der Waals surface area contributed by atoms with Crippen LogP contribution in [0.2, 0.25) is 0 Å². The van der Waals surface area contributed by atoms with E-state index in [1.807, 2.05) is 17.8 Å². The van der Waals surface area contributed by atoms with Gasteiger partial charge < -0.3 is 9.47 Å². The van der Waals surface area contributed by atoms with Gasteiger partial charge in [-0.25, -0.2) is 9.37 Å². The van der Waals surface area contributed by atoms with Crippen LogP contribution in [0.4, 0.5) is 10.1 Å². The van der Waals surface area contributed by atoms with Crippen molar-refractivity contribution in [3.8, 4) is 11.4 Å². The van der Waals surface area contributed by atoms with Crippen molar-refractivity contribution in [2.24, 2.45) is 7.05 Å². The second-order valence-corrected chi connectivity index (χ2v) is 6.10. The van der Waals surface area contributed by atoms with Gasteiger partial charge in [-0.3, -0.25) is 0 Å². The minimum absolute atomic E-state index is 0.118. The molecule has 3 nitrogen and oxygen atoms in total. The molecular formula is C17H22FN3. The second kappa shape index (κ2) is 5.51. The molecule has 0 aliphatic carbocycles. The Morgan fingerprint density at radius 2 is 1.90 bits per heavy atom. The van der Waals surface area contributed by atoms with Gasteiger partial charge in [0.2, 0.25) is 0 Å². The molecule has 1 aromatic heterocycles. The van der Waals surface area contributed by atoms with E-state index >= 15 is 0 Å². The highest BCUT2D eigenvalue weighted by Crippen LogP contribution is 2.35. The van der Waals surface area contributed by atoms with Crippen LogP contribution >= 0.6 is 0 Å². The van der Waals surface area contributed by atoms with Crippen molar-refractivity contribution in [2.75, 3.05) is 18.0 Å². The van der Waals surface area contributed by atoms with Crippen LogP contribution in [0.25, 0.3) is 11.4 Å². The number of aromatic nitrogens is 2. The monoisotopic (exact) mass is 287 g/mol. The van der Waals surface area contributed by atoms with Crippen molar-refractivity contribution >= 4 is 5.69 Å². The molecule has 0 N–H and O–H groups in total. The van der Waals surface area contributed by atoms with Crippen LogP contribution in [0.5, 0.6) is 0 Å². The SMILES string of the molecule is CC(C)c1c(F)cc(-c2nccn2C)cc1N1CCCC1. The van der Waals surface area contributed by atoms with Crippen molar-refractivity contribution in [3.63, 3.8) is 0 Å². The first kappa shape index (κ1) is 14.1. The fraction of sp³-hybridized carbons (Fsp3) is 0.471. The molecule has 0 bridgehead atoms. The summed E-state index contributed by atoms with van der Waals surface area (Å²) in [6.45, 7) is 6.14. The Morgan fingerprint density at radius 1 is 1.19 bits per heavy atom. The smallest absolute Gasteiger partial charge is 0.139 e. The van der Waals surface area contributed by atoms with Crippen LogP contribution in [-0.4, -0.2) is 22.6 Å². The van der Waals surface area contributed by atoms with Crippen LogP contribution in [0.15, 0.2) is 24.5 Å². The summed E-state index contributed by atoms with van der Waals surface area (Å²) in [6.07, 6.45) is 6.01. The lowest BCUT2D eigenvalue weighted by Crippen LogP contribution is -2.20. The summed E-state index contributed by atoms with van der Waals surface area (Å²) < 4.78 is 16.6. The van der Waals surface area contributed by atoms with E-state index in [0.717, 1.165) is 35.7 Å². The molecule has 2 aromatic rings. The average molecular weight is 287 g/mol. The molecule has 0 spiro atoms. The number of aryl methyl sites for hydroxylation is 1. The first-order chi connectivity index (χ1) is 10.1. The van der Waals surface area contributed by atoms with Crippen LogP contribution < -0.4 is 4.90 Å². The number of halogens is 1. The molecule has 0 amide bonds. The van der Waals surface area contributed by atoms with Crippen molar-refractivity contribution in [1.29, 1.82) is 0 Å². The standard InChI is InChI=1S/C17H22FN3/c1-12(2)16-14(18)10-13(17-19-6-9-20(17)3)11-15(16)21-7-4-5-8-21/h6,9-12H,4-5,7-8H2,1-3H3. The number of imidazole rings is 1. The Balaban J connectivity index is 2.14. The Kier molecular flexibility index (Phi) is 3.70. The predicted molar refractivity (Wildman–Crippen MR) is 84.1 cm³/mol. The molecule has 0 saturated carbocycles. The van der Waals surface area contributed by atoms with Crippen LogP contribution in [-0.2, 0) is 7.05 Å². The average Bonchev–Trinajstić information content (AvgIpc) is 3.08. The van der Waals surface area contributed by atoms with Gasteiger partial charge in [0.25, 0.3) is 0 Å². The quantitative estimate of drug-likeness (QED) is 0.852. The molecular weight excluding hydrogens is 265 g/mol. The van der Waals surface area contributed by atoms with Gasteiger partial charge in [0.15, 0.2) is 0 Å². The molecule has 112 valence electrons. The van der Waals surface area contributed by atoms with E-state index in [0.29, 0.717) is 0 Å². The fourth-order valence-corrected chi connectivity index (χ4v) is 3.17. The van der Waals surface area contributed by atoms with Gasteiger partial charge in [0.1, 0.15) is 11.6 Å². The molecule has 1 saturated heterocycles. The summed E-state index contributed by atoms with van der Waals surface area (Å²) in [5.41, 5.74) is 2.72. The van der Waals surface area contributed by atoms with Gasteiger partial charge in [0, 0.05) is 49.3 Å². The van der Waals surface area contributed by atoms with E-state index in [9.17, 15) is 4.39 Å². The Labute approximate surface area is 125 Å². The molecule has 21 heavy (non-hydrogen) atoms. The first-order valence-corrected chi connectivity index (χ1v) is 7.64. The number of nitrogens with zero attached hydrogens (tertiary/aromatic N) is 3. The predicted octanol–water partition coefficient (Wildman–Crippen LogP) is 3.95. The first-order valence-electron chi connectivity index (χ1n) is 7.64. The van der Waals surface area contributed by atoms with Crippen LogP contribution in [0.1, 0.15) is 38.2 Å². The van der Waals surface area contributed by atoms with Gasteiger partial charge in [-0.05, 0) is 30.9 Å². The normalized spacial score (nSPS) is 15.2. The van der Waals surface area contributed by atoms with E-state index in [4.69, 9.17) is 0 Å². The van der Waals surface area contributed by atoms with E-state index in [-0.39, 0.29) is 11.7 Å². The van der Waals surface area contributed by atoms with Crippen molar-refractivity contribution in [2.45, 2.75) is 32.6 Å². The summed E-state index contributed by atoms with van der Waals surface area (Å²) in [4.78, 5) is 6.66. The highest BCUT2D eigenvalue weighted by molar-refractivity contribution is 5.68. The van der Waals surface area contributed by atoms with E-state index in [1.54, 1.807) is 12.3 Å². The van der Waals surface area contributed by atoms with Crippen molar-refractivity contribution in [3.05, 3.63) is 35.9 Å². The van der Waals surface area contributed by atoms with Gasteiger partial charge in [-0.2, -0.15) is 0 Å². The molecule has 0 unspecified atom stereocenters. The molecule has 0 radical (unpaired) electrons. The maximum atomic E-state index is 14.7. The van der Waals surface area contributed by atoms with E-state index < -0.39 is 0 Å². The number of rotatable bonds is 3. The number of hydrogen-bond donors (Lipinski definition) is 0. The van der Waals surface area contributed by atoms with Gasteiger partial charge >= 0.3 is 0 Å². The third kappa shape index (κ3) is 2.55. The second-order valence-electron chi connectivity index (χ2n) is 6.10. The minimum Gasteiger partial charge on any atom is -0.371 e. The summed E-state index contributed by atoms with van der Waals surface area (Å²) >= 11 is 0. The third-order valence-corrected chi connectivity index (χ3v) is 4.21. The zero-order valence-electron chi connectivity index (χ0n) is 12.9. The van der Waals surface area contributed by atoms with Gasteiger partial charge in [0.05, 0.1) is 0 Å². The van der Waals surface area contributed by atoms with Crippen molar-refractivity contribution < 1.29 is 4.39 Å². The highest BCUT2D eigenvalue weighted by Gasteiger charge is 2.22.